The van der Waals surface area contributed by atoms with Gasteiger partial charge in [0.15, 0.2) is 0 Å². The first-order valence-corrected chi connectivity index (χ1v) is 7.64. The number of aromatic nitrogens is 1. The van der Waals surface area contributed by atoms with Crippen molar-refractivity contribution in [1.29, 1.82) is 0 Å². The van der Waals surface area contributed by atoms with Crippen LogP contribution in [0.15, 0.2) is 18.2 Å². The topological polar surface area (TPSA) is 31.4 Å². The van der Waals surface area contributed by atoms with Crippen molar-refractivity contribution in [2.45, 2.75) is 25.9 Å². The van der Waals surface area contributed by atoms with Gasteiger partial charge in [-0.1, -0.05) is 6.07 Å². The van der Waals surface area contributed by atoms with Crippen LogP contribution in [-0.2, 0) is 13.1 Å². The van der Waals surface area contributed by atoms with Crippen molar-refractivity contribution in [2.75, 3.05) is 40.8 Å². The lowest BCUT2D eigenvalue weighted by Crippen LogP contribution is -2.36. The molecule has 1 fully saturated rings. The summed E-state index contributed by atoms with van der Waals surface area (Å²) in [5.74, 6) is 0.866. The van der Waals surface area contributed by atoms with Gasteiger partial charge in [-0.3, -0.25) is 9.88 Å². The maximum absolute atomic E-state index is 4.71. The molecule has 0 bridgehead atoms. The summed E-state index contributed by atoms with van der Waals surface area (Å²) < 4.78 is 0. The van der Waals surface area contributed by atoms with Gasteiger partial charge in [-0.15, -0.1) is 0 Å². The van der Waals surface area contributed by atoms with Gasteiger partial charge < -0.3 is 10.2 Å². The van der Waals surface area contributed by atoms with Crippen LogP contribution >= 0.6 is 0 Å². The fourth-order valence-corrected chi connectivity index (χ4v) is 2.97. The highest BCUT2D eigenvalue weighted by Gasteiger charge is 2.19. The summed E-state index contributed by atoms with van der Waals surface area (Å²) in [4.78, 5) is 9.56. The highest BCUT2D eigenvalue weighted by atomic mass is 15.1. The SMILES string of the molecule is CNCc1cccc(CN2CCC(CN(C)C)CC2)n1. The minimum absolute atomic E-state index is 0.846. The molecular weight excluding hydrogens is 248 g/mol. The number of nitrogens with zero attached hydrogens (tertiary/aromatic N) is 3. The lowest BCUT2D eigenvalue weighted by atomic mass is 9.96. The van der Waals surface area contributed by atoms with E-state index in [0.717, 1.165) is 24.7 Å². The molecule has 1 aliphatic rings. The molecule has 1 saturated heterocycles. The third-order valence-corrected chi connectivity index (χ3v) is 3.94. The van der Waals surface area contributed by atoms with Crippen molar-refractivity contribution >= 4 is 0 Å². The van der Waals surface area contributed by atoms with E-state index < -0.39 is 0 Å². The second-order valence-electron chi connectivity index (χ2n) is 6.13. The number of likely N-dealkylation sites (tertiary alicyclic amines) is 1. The molecule has 0 saturated carbocycles. The number of piperidine rings is 1. The first kappa shape index (κ1) is 15.4. The zero-order valence-corrected chi connectivity index (χ0v) is 13.1. The van der Waals surface area contributed by atoms with E-state index in [1.807, 2.05) is 7.05 Å². The first-order chi connectivity index (χ1) is 9.67. The summed E-state index contributed by atoms with van der Waals surface area (Å²) in [7, 11) is 6.30. The molecule has 0 aromatic carbocycles. The summed E-state index contributed by atoms with van der Waals surface area (Å²) in [5, 5.41) is 3.16. The van der Waals surface area contributed by atoms with Gasteiger partial charge in [0.25, 0.3) is 0 Å². The molecule has 4 nitrogen and oxygen atoms in total. The van der Waals surface area contributed by atoms with Crippen LogP contribution in [0.5, 0.6) is 0 Å². The average Bonchev–Trinajstić information content (AvgIpc) is 2.41. The molecule has 1 aliphatic heterocycles. The molecule has 4 heteroatoms. The maximum atomic E-state index is 4.71. The first-order valence-electron chi connectivity index (χ1n) is 7.64. The third-order valence-electron chi connectivity index (χ3n) is 3.94. The molecule has 2 heterocycles. The van der Waals surface area contributed by atoms with Crippen LogP contribution in [0, 0.1) is 5.92 Å². The lowest BCUT2D eigenvalue weighted by Gasteiger charge is -2.33. The molecule has 0 aliphatic carbocycles. The number of nitrogens with one attached hydrogen (secondary N) is 1. The Balaban J connectivity index is 1.81. The standard InChI is InChI=1S/C16H28N4/c1-17-11-15-5-4-6-16(18-15)13-20-9-7-14(8-10-20)12-19(2)3/h4-6,14,17H,7-13H2,1-3H3. The van der Waals surface area contributed by atoms with E-state index in [2.05, 4.69) is 47.4 Å². The Morgan fingerprint density at radius 3 is 2.60 bits per heavy atom. The number of pyridine rings is 1. The number of rotatable bonds is 6. The van der Waals surface area contributed by atoms with E-state index in [-0.39, 0.29) is 0 Å². The Morgan fingerprint density at radius 2 is 1.95 bits per heavy atom. The molecule has 0 unspecified atom stereocenters. The Morgan fingerprint density at radius 1 is 1.25 bits per heavy atom. The van der Waals surface area contributed by atoms with E-state index in [4.69, 9.17) is 4.98 Å². The van der Waals surface area contributed by atoms with Crippen LogP contribution in [0.1, 0.15) is 24.2 Å². The second-order valence-corrected chi connectivity index (χ2v) is 6.13. The van der Waals surface area contributed by atoms with Crippen LogP contribution in [0.25, 0.3) is 0 Å². The number of hydrogen-bond acceptors (Lipinski definition) is 4. The van der Waals surface area contributed by atoms with Gasteiger partial charge in [-0.25, -0.2) is 0 Å². The van der Waals surface area contributed by atoms with Crippen LogP contribution in [0.2, 0.25) is 0 Å². The van der Waals surface area contributed by atoms with E-state index >= 15 is 0 Å². The fraction of sp³-hybridized carbons (Fsp3) is 0.688. The zero-order chi connectivity index (χ0) is 14.4. The van der Waals surface area contributed by atoms with Crippen molar-refractivity contribution in [2.24, 2.45) is 5.92 Å². The lowest BCUT2D eigenvalue weighted by molar-refractivity contribution is 0.155. The van der Waals surface area contributed by atoms with Gasteiger partial charge in [-0.05, 0) is 65.1 Å². The molecule has 0 amide bonds. The largest absolute Gasteiger partial charge is 0.314 e. The smallest absolute Gasteiger partial charge is 0.0547 e. The molecule has 2 rings (SSSR count). The van der Waals surface area contributed by atoms with Crippen LogP contribution in [0.4, 0.5) is 0 Å². The molecule has 1 aromatic rings. The van der Waals surface area contributed by atoms with E-state index in [9.17, 15) is 0 Å². The summed E-state index contributed by atoms with van der Waals surface area (Å²) in [5.41, 5.74) is 2.33. The van der Waals surface area contributed by atoms with Crippen LogP contribution < -0.4 is 5.32 Å². The van der Waals surface area contributed by atoms with E-state index in [1.54, 1.807) is 0 Å². The highest BCUT2D eigenvalue weighted by Crippen LogP contribution is 2.19. The molecule has 20 heavy (non-hydrogen) atoms. The minimum atomic E-state index is 0.846. The monoisotopic (exact) mass is 276 g/mol. The Hall–Kier alpha value is -0.970. The predicted molar refractivity (Wildman–Crippen MR) is 83.6 cm³/mol. The molecule has 0 atom stereocenters. The highest BCUT2D eigenvalue weighted by molar-refractivity contribution is 5.11. The second kappa shape index (κ2) is 7.72. The normalized spacial score (nSPS) is 17.8. The minimum Gasteiger partial charge on any atom is -0.314 e. The van der Waals surface area contributed by atoms with Gasteiger partial charge in [0.1, 0.15) is 0 Å². The van der Waals surface area contributed by atoms with Gasteiger partial charge in [0.05, 0.1) is 11.4 Å². The molecule has 1 aromatic heterocycles. The Bertz CT molecular complexity index is 397. The third kappa shape index (κ3) is 4.85. The summed E-state index contributed by atoms with van der Waals surface area (Å²) in [6, 6.07) is 6.35. The maximum Gasteiger partial charge on any atom is 0.0547 e. The molecule has 1 N–H and O–H groups in total. The Kier molecular flexibility index (Phi) is 5.95. The van der Waals surface area contributed by atoms with Gasteiger partial charge in [0.2, 0.25) is 0 Å². The zero-order valence-electron chi connectivity index (χ0n) is 13.1. The predicted octanol–water partition coefficient (Wildman–Crippen LogP) is 1.57. The average molecular weight is 276 g/mol. The molecule has 0 radical (unpaired) electrons. The fourth-order valence-electron chi connectivity index (χ4n) is 2.97. The van der Waals surface area contributed by atoms with Gasteiger partial charge in [0, 0.05) is 19.6 Å². The molecule has 112 valence electrons. The van der Waals surface area contributed by atoms with Crippen LogP contribution in [-0.4, -0.2) is 55.6 Å². The van der Waals surface area contributed by atoms with Crippen molar-refractivity contribution in [1.82, 2.24) is 20.1 Å². The molecular formula is C16H28N4. The van der Waals surface area contributed by atoms with Crippen molar-refractivity contribution < 1.29 is 0 Å². The Labute approximate surface area is 123 Å². The van der Waals surface area contributed by atoms with E-state index in [0.29, 0.717) is 0 Å². The summed E-state index contributed by atoms with van der Waals surface area (Å²) in [6.07, 6.45) is 2.63. The van der Waals surface area contributed by atoms with Gasteiger partial charge >= 0.3 is 0 Å². The molecule has 0 spiro atoms. The quantitative estimate of drug-likeness (QED) is 0.855. The number of hydrogen-bond donors (Lipinski definition) is 1. The summed E-state index contributed by atoms with van der Waals surface area (Å²) in [6.45, 7) is 5.47. The van der Waals surface area contributed by atoms with Crippen LogP contribution in [0.3, 0.4) is 0 Å². The van der Waals surface area contributed by atoms with Crippen molar-refractivity contribution in [3.63, 3.8) is 0 Å². The van der Waals surface area contributed by atoms with Gasteiger partial charge in [-0.2, -0.15) is 0 Å². The van der Waals surface area contributed by atoms with Crippen molar-refractivity contribution in [3.8, 4) is 0 Å². The van der Waals surface area contributed by atoms with E-state index in [1.165, 1.54) is 38.2 Å². The van der Waals surface area contributed by atoms with Crippen molar-refractivity contribution in [3.05, 3.63) is 29.6 Å². The summed E-state index contributed by atoms with van der Waals surface area (Å²) >= 11 is 0.